The maximum Gasteiger partial charge on any atom is 0.216 e. The second kappa shape index (κ2) is 32.1. The van der Waals surface area contributed by atoms with E-state index >= 15 is 0 Å². The van der Waals surface area contributed by atoms with Crippen LogP contribution in [-0.4, -0.2) is 115 Å². The first kappa shape index (κ1) is 67.0. The van der Waals surface area contributed by atoms with Crippen molar-refractivity contribution in [3.63, 3.8) is 0 Å². The average Bonchev–Trinajstić information content (AvgIpc) is 1.77. The third kappa shape index (κ3) is 16.7. The van der Waals surface area contributed by atoms with Gasteiger partial charge in [0.25, 0.3) is 0 Å². The first-order valence-electron chi connectivity index (χ1n) is 34.0. The van der Waals surface area contributed by atoms with Crippen LogP contribution in [0.5, 0.6) is 0 Å². The van der Waals surface area contributed by atoms with Gasteiger partial charge in [0.1, 0.15) is 69.3 Å². The van der Waals surface area contributed by atoms with Gasteiger partial charge in [0.15, 0.2) is 0 Å². The number of hydrogen-bond donors (Lipinski definition) is 4. The van der Waals surface area contributed by atoms with E-state index < -0.39 is 0 Å². The summed E-state index contributed by atoms with van der Waals surface area (Å²) in [5.74, 6) is 11.1. The molecule has 20 nitrogen and oxygen atoms in total. The van der Waals surface area contributed by atoms with E-state index in [0.29, 0.717) is 68.0 Å². The van der Waals surface area contributed by atoms with E-state index in [0.717, 1.165) is 145 Å². The summed E-state index contributed by atoms with van der Waals surface area (Å²) >= 11 is 0. The van der Waals surface area contributed by atoms with Crippen LogP contribution in [0.1, 0.15) is 202 Å². The highest BCUT2D eigenvalue weighted by molar-refractivity contribution is 6.14. The molecule has 2 saturated carbocycles. The number of piperidine rings is 4. The maximum atomic E-state index is 13.1. The highest BCUT2D eigenvalue weighted by atomic mass is 16.1. The number of nitrogens with two attached hydrogens (primary N) is 4. The van der Waals surface area contributed by atoms with Crippen molar-refractivity contribution in [3.8, 4) is 11.8 Å². The van der Waals surface area contributed by atoms with Crippen LogP contribution in [-0.2, 0) is 6.42 Å². The van der Waals surface area contributed by atoms with E-state index in [2.05, 4.69) is 80.1 Å². The molecule has 12 heterocycles. The third-order valence-electron chi connectivity index (χ3n) is 18.2. The number of nitrogen functional groups attached to an aromatic ring is 4. The van der Waals surface area contributed by atoms with Crippen LogP contribution in [0.4, 0.5) is 46.5 Å². The lowest BCUT2D eigenvalue weighted by molar-refractivity contribution is 0.102. The lowest BCUT2D eigenvalue weighted by atomic mass is 10.0. The first-order valence-corrected chi connectivity index (χ1v) is 34.0. The van der Waals surface area contributed by atoms with Crippen molar-refractivity contribution in [3.05, 3.63) is 196 Å². The Labute approximate surface area is 562 Å². The highest BCUT2D eigenvalue weighted by Gasteiger charge is 2.32. The molecule has 14 rings (SSSR count). The van der Waals surface area contributed by atoms with E-state index in [-0.39, 0.29) is 46.4 Å². The second-order valence-electron chi connectivity index (χ2n) is 25.1. The number of pyridine rings is 8. The first-order chi connectivity index (χ1) is 46.9. The Morgan fingerprint density at radius 1 is 0.438 bits per heavy atom. The number of rotatable bonds is 15. The summed E-state index contributed by atoms with van der Waals surface area (Å²) in [7, 11) is 0. The largest absolute Gasteiger partial charge is 0.383 e. The number of carbonyl (C=O) groups is 4. The van der Waals surface area contributed by atoms with Gasteiger partial charge in [-0.05, 0) is 211 Å². The van der Waals surface area contributed by atoms with Gasteiger partial charge in [0.2, 0.25) is 23.1 Å². The Bertz CT molecular complexity index is 4150. The van der Waals surface area contributed by atoms with E-state index in [1.807, 2.05) is 43.3 Å². The number of aryl methyl sites for hydroxylation is 1. The molecule has 0 unspecified atom stereocenters. The van der Waals surface area contributed by atoms with Crippen molar-refractivity contribution in [2.75, 3.05) is 94.9 Å². The number of nitrogens with zero attached hydrogens (tertiary/aromatic N) is 12. The van der Waals surface area contributed by atoms with Gasteiger partial charge in [0.05, 0.1) is 27.8 Å². The summed E-state index contributed by atoms with van der Waals surface area (Å²) in [6.07, 6.45) is 27.7. The zero-order valence-corrected chi connectivity index (χ0v) is 55.0. The Balaban J connectivity index is 0.000000130. The summed E-state index contributed by atoms with van der Waals surface area (Å²) in [5.41, 5.74) is 30.3. The summed E-state index contributed by atoms with van der Waals surface area (Å²) in [5, 5.41) is 0. The van der Waals surface area contributed by atoms with Crippen molar-refractivity contribution >= 4 is 75.8 Å². The van der Waals surface area contributed by atoms with Gasteiger partial charge in [-0.15, -0.1) is 0 Å². The normalized spacial score (nSPS) is 16.0. The number of ketones is 4. The van der Waals surface area contributed by atoms with E-state index in [9.17, 15) is 19.2 Å². The van der Waals surface area contributed by atoms with Gasteiger partial charge < -0.3 is 42.5 Å². The average molecular weight is 1290 g/mol. The molecule has 8 aromatic heterocycles. The van der Waals surface area contributed by atoms with Crippen molar-refractivity contribution in [1.82, 2.24) is 39.9 Å². The minimum atomic E-state index is -0.218. The molecule has 6 aliphatic rings. The molecule has 0 amide bonds. The molecule has 96 heavy (non-hydrogen) atoms. The van der Waals surface area contributed by atoms with Gasteiger partial charge in [-0.1, -0.05) is 43.6 Å². The van der Waals surface area contributed by atoms with Gasteiger partial charge in [0, 0.05) is 88.6 Å². The lowest BCUT2D eigenvalue weighted by Crippen LogP contribution is -2.30. The molecule has 6 fully saturated rings. The number of anilines is 8. The summed E-state index contributed by atoms with van der Waals surface area (Å²) < 4.78 is 0. The quantitative estimate of drug-likeness (QED) is 0.0548. The van der Waals surface area contributed by atoms with Crippen LogP contribution in [0.2, 0.25) is 0 Å². The SMILES string of the molecule is C=Cc1ccc(N2CCCCC2)nc1C(=O)c1cccnc1N.CCc1ccc(N2CCCCC2)nc1C(=O)c1cccnc1N.Nc1ncccc1C(=O)c1nc(N2CCCCC2)ccc1C#CC1CC1.Nc1ncccc1C(=O)c1nc(N2CCCCC2)ccc1C1CC1. The Morgan fingerprint density at radius 2 is 0.792 bits per heavy atom. The van der Waals surface area contributed by atoms with E-state index in [1.54, 1.807) is 79.4 Å². The minimum Gasteiger partial charge on any atom is -0.383 e. The van der Waals surface area contributed by atoms with E-state index in [4.69, 9.17) is 32.9 Å². The van der Waals surface area contributed by atoms with Gasteiger partial charge in [-0.3, -0.25) is 19.2 Å². The predicted octanol–water partition coefficient (Wildman–Crippen LogP) is 12.0. The molecule has 4 saturated heterocycles. The smallest absolute Gasteiger partial charge is 0.216 e. The Hall–Kier alpha value is -10.4. The Morgan fingerprint density at radius 3 is 1.19 bits per heavy atom. The number of hydrogen-bond acceptors (Lipinski definition) is 20. The monoisotopic (exact) mass is 1290 g/mol. The fourth-order valence-electron chi connectivity index (χ4n) is 12.4. The van der Waals surface area contributed by atoms with Gasteiger partial charge in [-0.25, -0.2) is 39.9 Å². The van der Waals surface area contributed by atoms with Gasteiger partial charge in [-0.2, -0.15) is 0 Å². The van der Waals surface area contributed by atoms with Crippen molar-refractivity contribution in [1.29, 1.82) is 0 Å². The molecule has 0 aromatic carbocycles. The lowest BCUT2D eigenvalue weighted by Gasteiger charge is -2.28. The molecule has 0 bridgehead atoms. The maximum absolute atomic E-state index is 13.1. The molecular formula is C76H86N16O4. The van der Waals surface area contributed by atoms with Crippen molar-refractivity contribution in [2.45, 2.75) is 122 Å². The highest BCUT2D eigenvalue weighted by Crippen LogP contribution is 2.43. The van der Waals surface area contributed by atoms with Crippen molar-refractivity contribution in [2.24, 2.45) is 5.92 Å². The van der Waals surface area contributed by atoms with Crippen LogP contribution in [0, 0.1) is 17.8 Å². The van der Waals surface area contributed by atoms with Crippen LogP contribution in [0.3, 0.4) is 0 Å². The molecule has 8 aromatic rings. The topological polar surface area (TPSA) is 288 Å². The third-order valence-corrected chi connectivity index (χ3v) is 18.2. The molecule has 494 valence electrons. The zero-order valence-electron chi connectivity index (χ0n) is 55.0. The number of carbonyl (C=O) groups excluding carboxylic acids is 4. The minimum absolute atomic E-state index is 0.110. The fourth-order valence-corrected chi connectivity index (χ4v) is 12.4. The van der Waals surface area contributed by atoms with Crippen LogP contribution in [0.25, 0.3) is 6.08 Å². The summed E-state index contributed by atoms with van der Waals surface area (Å²) in [6, 6.07) is 29.6. The molecule has 2 aliphatic carbocycles. The van der Waals surface area contributed by atoms with Crippen LogP contribution >= 0.6 is 0 Å². The standard InChI is InChI=1S/C21H22N4O.C19H22N4O.C18H22N4O.C18H20N4O/c22-21-17(5-4-12-23-21)20(26)19-16(9-8-15-6-7-15)10-11-18(24-19)25-13-2-1-3-14-25;20-19-15(5-4-10-21-19)18(24)17-14(13-6-7-13)8-9-16(22-17)23-11-2-1-3-12-23;2*1-2-13-8-9-15(22-11-4-3-5-12-22)21-16(13)17(23)14-7-6-10-20-18(14)19/h4-5,10-12,15H,1-3,6-7,13-14H2,(H2,22,23);4-5,8-10,13H,1-3,6-7,11-12H2,(H2,20,21);6-10H,2-5,11-12H2,1H3,(H2,19,20);2,6-10H,1,3-5,11-12H2,(H2,19,20). The molecular weight excluding hydrogens is 1200 g/mol. The van der Waals surface area contributed by atoms with Crippen LogP contribution < -0.4 is 42.5 Å². The summed E-state index contributed by atoms with van der Waals surface area (Å²) in [4.78, 5) is 95.7. The predicted molar refractivity (Wildman–Crippen MR) is 381 cm³/mol. The molecule has 4 aliphatic heterocycles. The molecule has 0 radical (unpaired) electrons. The Kier molecular flexibility index (Phi) is 22.4. The molecule has 0 spiro atoms. The molecule has 8 N–H and O–H groups in total. The molecule has 20 heteroatoms. The van der Waals surface area contributed by atoms with Crippen LogP contribution in [0.15, 0.2) is 128 Å². The van der Waals surface area contributed by atoms with E-state index in [1.165, 1.54) is 51.4 Å². The summed E-state index contributed by atoms with van der Waals surface area (Å²) in [6.45, 7) is 13.7. The number of aromatic nitrogens is 8. The molecule has 0 atom stereocenters. The van der Waals surface area contributed by atoms with Gasteiger partial charge >= 0.3 is 0 Å². The second-order valence-corrected chi connectivity index (χ2v) is 25.1. The zero-order chi connectivity index (χ0) is 66.9. The van der Waals surface area contributed by atoms with Crippen molar-refractivity contribution < 1.29 is 19.2 Å². The fraction of sp³-hybridized carbons (Fsp3) is 0.368.